The van der Waals surface area contributed by atoms with Gasteiger partial charge in [0.15, 0.2) is 11.5 Å². The van der Waals surface area contributed by atoms with Gasteiger partial charge in [0.25, 0.3) is 0 Å². The van der Waals surface area contributed by atoms with Gasteiger partial charge < -0.3 is 24.8 Å². The molecule has 0 bridgehead atoms. The molecule has 146 valence electrons. The lowest BCUT2D eigenvalue weighted by Gasteiger charge is -2.27. The normalized spacial score (nSPS) is 22.9. The minimum atomic E-state index is -0.240. The van der Waals surface area contributed by atoms with Crippen molar-refractivity contribution in [2.45, 2.75) is 32.7 Å². The summed E-state index contributed by atoms with van der Waals surface area (Å²) in [6, 6.07) is 3.74. The lowest BCUT2D eigenvalue weighted by atomic mass is 9.85. The Morgan fingerprint density at radius 2 is 1.69 bits per heavy atom. The summed E-state index contributed by atoms with van der Waals surface area (Å²) >= 11 is 0. The van der Waals surface area contributed by atoms with Crippen LogP contribution in [0.4, 0.5) is 0 Å². The molecule has 1 amide bonds. The van der Waals surface area contributed by atoms with Crippen molar-refractivity contribution in [2.24, 2.45) is 10.8 Å². The van der Waals surface area contributed by atoms with Crippen LogP contribution in [-0.4, -0.2) is 40.3 Å². The maximum Gasteiger partial charge on any atom is 0.226 e. The highest BCUT2D eigenvalue weighted by Gasteiger charge is 2.67. The standard InChI is InChI=1S/C19H28N2O4.ClH/c1-18(12-19(18)5-7-20-8-6-19)17(22)21-11-13-9-14(23-2)16(25-4)15(10-13)24-3;/h9-10,20H,5-8,11-12H2,1-4H3,(H,21,22);1H. The second kappa shape index (κ2) is 7.92. The molecule has 3 rings (SSSR count). The Morgan fingerprint density at radius 3 is 2.19 bits per heavy atom. The quantitative estimate of drug-likeness (QED) is 0.788. The minimum Gasteiger partial charge on any atom is -0.493 e. The highest BCUT2D eigenvalue weighted by Crippen LogP contribution is 2.68. The van der Waals surface area contributed by atoms with Crippen LogP contribution in [0, 0.1) is 10.8 Å². The third kappa shape index (κ3) is 3.45. The molecule has 0 aromatic heterocycles. The van der Waals surface area contributed by atoms with E-state index >= 15 is 0 Å². The topological polar surface area (TPSA) is 68.8 Å². The molecule has 1 saturated carbocycles. The van der Waals surface area contributed by atoms with E-state index in [1.54, 1.807) is 21.3 Å². The van der Waals surface area contributed by atoms with Crippen LogP contribution in [0.25, 0.3) is 0 Å². The van der Waals surface area contributed by atoms with Crippen LogP contribution in [0.2, 0.25) is 0 Å². The molecule has 1 aromatic rings. The second-order valence-electron chi connectivity index (χ2n) is 7.26. The Balaban J connectivity index is 0.00000243. The van der Waals surface area contributed by atoms with Gasteiger partial charge in [-0.2, -0.15) is 0 Å². The number of carbonyl (C=O) groups excluding carboxylic acids is 1. The third-order valence-electron chi connectivity index (χ3n) is 5.98. The Hall–Kier alpha value is -1.66. The Labute approximate surface area is 161 Å². The van der Waals surface area contributed by atoms with E-state index in [-0.39, 0.29) is 29.1 Å². The van der Waals surface area contributed by atoms with E-state index in [4.69, 9.17) is 14.2 Å². The molecule has 1 atom stereocenters. The fraction of sp³-hybridized carbons (Fsp3) is 0.632. The van der Waals surface area contributed by atoms with E-state index < -0.39 is 0 Å². The van der Waals surface area contributed by atoms with Gasteiger partial charge in [0, 0.05) is 6.54 Å². The number of halogens is 1. The smallest absolute Gasteiger partial charge is 0.226 e. The summed E-state index contributed by atoms with van der Waals surface area (Å²) in [6.45, 7) is 4.56. The number of amides is 1. The number of nitrogens with one attached hydrogen (secondary N) is 2. The SMILES string of the molecule is COc1cc(CNC(=O)C2(C)CC23CCNCC3)cc(OC)c1OC.Cl. The molecule has 1 heterocycles. The predicted octanol–water partition coefficient (Wildman–Crippen LogP) is 2.53. The van der Waals surface area contributed by atoms with Gasteiger partial charge in [0.1, 0.15) is 0 Å². The van der Waals surface area contributed by atoms with Crippen molar-refractivity contribution in [1.82, 2.24) is 10.6 Å². The molecule has 1 aromatic carbocycles. The van der Waals surface area contributed by atoms with Crippen LogP contribution in [0.1, 0.15) is 31.7 Å². The zero-order chi connectivity index (χ0) is 18.1. The van der Waals surface area contributed by atoms with Crippen LogP contribution in [-0.2, 0) is 11.3 Å². The Morgan fingerprint density at radius 1 is 1.12 bits per heavy atom. The van der Waals surface area contributed by atoms with E-state index in [9.17, 15) is 4.79 Å². The van der Waals surface area contributed by atoms with Gasteiger partial charge in [0.05, 0.1) is 26.7 Å². The fourth-order valence-corrected chi connectivity index (χ4v) is 4.20. The number of hydrogen-bond acceptors (Lipinski definition) is 5. The summed E-state index contributed by atoms with van der Waals surface area (Å²) in [6.07, 6.45) is 3.16. The molecule has 7 heteroatoms. The maximum atomic E-state index is 12.8. The van der Waals surface area contributed by atoms with Crippen molar-refractivity contribution in [2.75, 3.05) is 34.4 Å². The first kappa shape index (κ1) is 20.6. The summed E-state index contributed by atoms with van der Waals surface area (Å²) in [5, 5.41) is 6.48. The van der Waals surface area contributed by atoms with E-state index in [2.05, 4.69) is 17.6 Å². The van der Waals surface area contributed by atoms with Crippen molar-refractivity contribution >= 4 is 18.3 Å². The molecule has 1 saturated heterocycles. The molecule has 2 N–H and O–H groups in total. The molecular weight excluding hydrogens is 356 g/mol. The van der Waals surface area contributed by atoms with Crippen molar-refractivity contribution in [1.29, 1.82) is 0 Å². The molecule has 1 spiro atoms. The van der Waals surface area contributed by atoms with Gasteiger partial charge in [-0.3, -0.25) is 4.79 Å². The van der Waals surface area contributed by atoms with Gasteiger partial charge >= 0.3 is 0 Å². The molecule has 0 radical (unpaired) electrons. The van der Waals surface area contributed by atoms with Crippen molar-refractivity contribution in [3.8, 4) is 17.2 Å². The minimum absolute atomic E-state index is 0. The van der Waals surface area contributed by atoms with Gasteiger partial charge in [0.2, 0.25) is 11.7 Å². The summed E-state index contributed by atoms with van der Waals surface area (Å²) in [4.78, 5) is 12.8. The second-order valence-corrected chi connectivity index (χ2v) is 7.26. The molecular formula is C19H29ClN2O4. The van der Waals surface area contributed by atoms with Crippen LogP contribution >= 0.6 is 12.4 Å². The summed E-state index contributed by atoms with van der Waals surface area (Å²) in [7, 11) is 4.76. The summed E-state index contributed by atoms with van der Waals surface area (Å²) in [5.74, 6) is 1.89. The zero-order valence-corrected chi connectivity index (χ0v) is 16.8. The number of rotatable bonds is 6. The molecule has 2 fully saturated rings. The average Bonchev–Trinajstić information content (AvgIpc) is 3.22. The average molecular weight is 385 g/mol. The Bertz CT molecular complexity index is 636. The first-order valence-corrected chi connectivity index (χ1v) is 8.77. The number of piperidine rings is 1. The molecule has 2 aliphatic rings. The molecule has 1 unspecified atom stereocenters. The van der Waals surface area contributed by atoms with Crippen LogP contribution in [0.5, 0.6) is 17.2 Å². The number of methoxy groups -OCH3 is 3. The number of benzene rings is 1. The van der Waals surface area contributed by atoms with E-state index in [1.165, 1.54) is 0 Å². The fourth-order valence-electron chi connectivity index (χ4n) is 4.20. The predicted molar refractivity (Wildman–Crippen MR) is 102 cm³/mol. The molecule has 1 aliphatic carbocycles. The number of carbonyl (C=O) groups is 1. The first-order chi connectivity index (χ1) is 12.0. The lowest BCUT2D eigenvalue weighted by Crippen LogP contribution is -2.38. The third-order valence-corrected chi connectivity index (χ3v) is 5.98. The van der Waals surface area contributed by atoms with Gasteiger partial charge in [-0.1, -0.05) is 6.92 Å². The monoisotopic (exact) mass is 384 g/mol. The van der Waals surface area contributed by atoms with Crippen molar-refractivity contribution in [3.05, 3.63) is 17.7 Å². The maximum absolute atomic E-state index is 12.8. The van der Waals surface area contributed by atoms with E-state index in [1.807, 2.05) is 12.1 Å². The Kier molecular flexibility index (Phi) is 6.29. The van der Waals surface area contributed by atoms with E-state index in [0.717, 1.165) is 37.9 Å². The van der Waals surface area contributed by atoms with Crippen molar-refractivity contribution < 1.29 is 19.0 Å². The molecule has 1 aliphatic heterocycles. The van der Waals surface area contributed by atoms with Gasteiger partial charge in [-0.25, -0.2) is 0 Å². The van der Waals surface area contributed by atoms with E-state index in [0.29, 0.717) is 23.8 Å². The zero-order valence-electron chi connectivity index (χ0n) is 15.9. The first-order valence-electron chi connectivity index (χ1n) is 8.77. The largest absolute Gasteiger partial charge is 0.493 e. The van der Waals surface area contributed by atoms with Crippen LogP contribution in [0.15, 0.2) is 12.1 Å². The molecule has 26 heavy (non-hydrogen) atoms. The highest BCUT2D eigenvalue weighted by atomic mass is 35.5. The van der Waals surface area contributed by atoms with Gasteiger partial charge in [-0.15, -0.1) is 12.4 Å². The number of hydrogen-bond donors (Lipinski definition) is 2. The van der Waals surface area contributed by atoms with Gasteiger partial charge in [-0.05, 0) is 55.5 Å². The molecule has 6 nitrogen and oxygen atoms in total. The van der Waals surface area contributed by atoms with Crippen molar-refractivity contribution in [3.63, 3.8) is 0 Å². The summed E-state index contributed by atoms with van der Waals surface area (Å²) < 4.78 is 16.1. The highest BCUT2D eigenvalue weighted by molar-refractivity contribution is 5.86. The number of ether oxygens (including phenoxy) is 3. The summed E-state index contributed by atoms with van der Waals surface area (Å²) in [5.41, 5.74) is 0.874. The lowest BCUT2D eigenvalue weighted by molar-refractivity contribution is -0.127. The van der Waals surface area contributed by atoms with Crippen LogP contribution < -0.4 is 24.8 Å². The van der Waals surface area contributed by atoms with Crippen LogP contribution in [0.3, 0.4) is 0 Å².